The van der Waals surface area contributed by atoms with E-state index in [4.69, 9.17) is 5.73 Å². The Balaban J connectivity index is 3.78. The summed E-state index contributed by atoms with van der Waals surface area (Å²) in [6.07, 6.45) is 3.69. The van der Waals surface area contributed by atoms with Crippen LogP contribution < -0.4 is 11.1 Å². The zero-order chi connectivity index (χ0) is 14.7. The molecule has 0 aliphatic rings. The molecular weight excluding hydrogens is 236 g/mol. The van der Waals surface area contributed by atoms with E-state index < -0.39 is 0 Å². The van der Waals surface area contributed by atoms with Gasteiger partial charge in [0, 0.05) is 12.6 Å². The first-order chi connectivity index (χ1) is 8.99. The molecule has 0 saturated carbocycles. The molecule has 0 aromatic heterocycles. The van der Waals surface area contributed by atoms with Gasteiger partial charge in [-0.05, 0) is 32.4 Å². The average molecular weight is 270 g/mol. The van der Waals surface area contributed by atoms with Crippen LogP contribution in [0.25, 0.3) is 0 Å². The maximum Gasteiger partial charge on any atom is 0.188 e. The maximum absolute atomic E-state index is 5.90. The first-order valence-corrected chi connectivity index (χ1v) is 7.78. The van der Waals surface area contributed by atoms with E-state index in [2.05, 4.69) is 49.8 Å². The zero-order valence-electron chi connectivity index (χ0n) is 13.6. The molecule has 0 heterocycles. The van der Waals surface area contributed by atoms with E-state index in [1.54, 1.807) is 0 Å². The van der Waals surface area contributed by atoms with Crippen LogP contribution in [0.15, 0.2) is 4.99 Å². The second-order valence-corrected chi connectivity index (χ2v) is 5.66. The van der Waals surface area contributed by atoms with Gasteiger partial charge in [-0.3, -0.25) is 4.99 Å². The summed E-state index contributed by atoms with van der Waals surface area (Å²) in [7, 11) is 0. The van der Waals surface area contributed by atoms with E-state index in [0.29, 0.717) is 12.0 Å². The molecule has 3 N–H and O–H groups in total. The largest absolute Gasteiger partial charge is 0.370 e. The summed E-state index contributed by atoms with van der Waals surface area (Å²) in [6.45, 7) is 15.0. The van der Waals surface area contributed by atoms with E-state index in [0.717, 1.165) is 38.5 Å². The number of hydrogen-bond donors (Lipinski definition) is 2. The lowest BCUT2D eigenvalue weighted by Gasteiger charge is -2.17. The average Bonchev–Trinajstić information content (AvgIpc) is 2.34. The van der Waals surface area contributed by atoms with Crippen molar-refractivity contribution in [3.63, 3.8) is 0 Å². The molecule has 0 fully saturated rings. The van der Waals surface area contributed by atoms with Crippen LogP contribution >= 0.6 is 0 Å². The lowest BCUT2D eigenvalue weighted by molar-refractivity contribution is 0.313. The first-order valence-electron chi connectivity index (χ1n) is 7.78. The minimum absolute atomic E-state index is 0.413. The Hall–Kier alpha value is -0.770. The van der Waals surface area contributed by atoms with E-state index >= 15 is 0 Å². The van der Waals surface area contributed by atoms with Gasteiger partial charge in [-0.25, -0.2) is 0 Å². The van der Waals surface area contributed by atoms with Gasteiger partial charge in [-0.1, -0.05) is 40.5 Å². The van der Waals surface area contributed by atoms with Gasteiger partial charge in [-0.15, -0.1) is 0 Å². The Morgan fingerprint density at radius 2 is 1.79 bits per heavy atom. The Morgan fingerprint density at radius 3 is 2.32 bits per heavy atom. The number of guanidine groups is 1. The van der Waals surface area contributed by atoms with Gasteiger partial charge in [0.25, 0.3) is 0 Å². The van der Waals surface area contributed by atoms with Crippen molar-refractivity contribution in [2.24, 2.45) is 16.6 Å². The fourth-order valence-corrected chi connectivity index (χ4v) is 2.05. The van der Waals surface area contributed by atoms with Gasteiger partial charge >= 0.3 is 0 Å². The lowest BCUT2D eigenvalue weighted by atomic mass is 10.0. The third-order valence-corrected chi connectivity index (χ3v) is 3.41. The second-order valence-electron chi connectivity index (χ2n) is 5.66. The summed E-state index contributed by atoms with van der Waals surface area (Å²) in [6, 6.07) is 0.413. The van der Waals surface area contributed by atoms with Gasteiger partial charge in [0.1, 0.15) is 0 Å². The molecular formula is C15H34N4. The number of hydrogen-bond acceptors (Lipinski definition) is 2. The fourth-order valence-electron chi connectivity index (χ4n) is 2.05. The molecule has 0 aromatic carbocycles. The highest BCUT2D eigenvalue weighted by molar-refractivity contribution is 5.78. The summed E-state index contributed by atoms with van der Waals surface area (Å²) in [5.74, 6) is 1.37. The highest BCUT2D eigenvalue weighted by Gasteiger charge is 2.04. The van der Waals surface area contributed by atoms with Crippen molar-refractivity contribution in [3.8, 4) is 0 Å². The highest BCUT2D eigenvalue weighted by atomic mass is 15.1. The van der Waals surface area contributed by atoms with Crippen LogP contribution in [0.4, 0.5) is 0 Å². The highest BCUT2D eigenvalue weighted by Crippen LogP contribution is 2.07. The Morgan fingerprint density at radius 1 is 1.16 bits per heavy atom. The van der Waals surface area contributed by atoms with Crippen LogP contribution in [-0.2, 0) is 0 Å². The molecule has 0 aliphatic heterocycles. The van der Waals surface area contributed by atoms with Crippen molar-refractivity contribution in [1.29, 1.82) is 0 Å². The number of rotatable bonds is 10. The van der Waals surface area contributed by atoms with E-state index in [9.17, 15) is 0 Å². The molecule has 4 heteroatoms. The maximum atomic E-state index is 5.90. The SMILES string of the molecule is CCN(CC)CCN=C(N)NC(C)CCCC(C)C. The molecule has 4 nitrogen and oxygen atoms in total. The van der Waals surface area contributed by atoms with Gasteiger partial charge in [0.05, 0.1) is 6.54 Å². The van der Waals surface area contributed by atoms with Crippen molar-refractivity contribution in [2.45, 2.75) is 59.9 Å². The van der Waals surface area contributed by atoms with Crippen LogP contribution in [0.5, 0.6) is 0 Å². The quantitative estimate of drug-likeness (QED) is 0.473. The van der Waals surface area contributed by atoms with Crippen molar-refractivity contribution in [2.75, 3.05) is 26.2 Å². The summed E-state index contributed by atoms with van der Waals surface area (Å²) >= 11 is 0. The van der Waals surface area contributed by atoms with Gasteiger partial charge in [-0.2, -0.15) is 0 Å². The van der Waals surface area contributed by atoms with E-state index in [1.165, 1.54) is 12.8 Å². The van der Waals surface area contributed by atoms with Gasteiger partial charge < -0.3 is 16.0 Å². The Bertz CT molecular complexity index is 234. The van der Waals surface area contributed by atoms with Crippen molar-refractivity contribution >= 4 is 5.96 Å². The smallest absolute Gasteiger partial charge is 0.188 e. The minimum Gasteiger partial charge on any atom is -0.370 e. The number of likely N-dealkylation sites (N-methyl/N-ethyl adjacent to an activating group) is 1. The molecule has 0 aromatic rings. The van der Waals surface area contributed by atoms with Crippen LogP contribution in [-0.4, -0.2) is 43.1 Å². The molecule has 0 radical (unpaired) electrons. The van der Waals surface area contributed by atoms with Crippen molar-refractivity contribution in [1.82, 2.24) is 10.2 Å². The molecule has 0 saturated heterocycles. The van der Waals surface area contributed by atoms with E-state index in [1.807, 2.05) is 0 Å². The summed E-state index contributed by atoms with van der Waals surface area (Å²) in [5, 5.41) is 3.27. The van der Waals surface area contributed by atoms with Crippen LogP contribution in [0.1, 0.15) is 53.9 Å². The van der Waals surface area contributed by atoms with E-state index in [-0.39, 0.29) is 0 Å². The topological polar surface area (TPSA) is 53.6 Å². The molecule has 1 atom stereocenters. The molecule has 114 valence electrons. The van der Waals surface area contributed by atoms with Crippen LogP contribution in [0, 0.1) is 5.92 Å². The third-order valence-electron chi connectivity index (χ3n) is 3.41. The summed E-state index contributed by atoms with van der Waals surface area (Å²) < 4.78 is 0. The summed E-state index contributed by atoms with van der Waals surface area (Å²) in [4.78, 5) is 6.73. The predicted molar refractivity (Wildman–Crippen MR) is 85.6 cm³/mol. The number of nitrogens with two attached hydrogens (primary N) is 1. The van der Waals surface area contributed by atoms with Crippen molar-refractivity contribution in [3.05, 3.63) is 0 Å². The van der Waals surface area contributed by atoms with Crippen LogP contribution in [0.3, 0.4) is 0 Å². The number of nitrogens with zero attached hydrogens (tertiary/aromatic N) is 2. The first kappa shape index (κ1) is 18.2. The van der Waals surface area contributed by atoms with Gasteiger partial charge in [0.2, 0.25) is 0 Å². The fraction of sp³-hybridized carbons (Fsp3) is 0.933. The Labute approximate surface area is 119 Å². The Kier molecular flexibility index (Phi) is 10.6. The normalized spacial score (nSPS) is 14.2. The zero-order valence-corrected chi connectivity index (χ0v) is 13.6. The van der Waals surface area contributed by atoms with Crippen LogP contribution in [0.2, 0.25) is 0 Å². The number of aliphatic imine (C=N–C) groups is 1. The minimum atomic E-state index is 0.413. The van der Waals surface area contributed by atoms with Crippen molar-refractivity contribution < 1.29 is 0 Å². The molecule has 1 unspecified atom stereocenters. The molecule has 0 bridgehead atoms. The standard InChI is InChI=1S/C15H34N4/c1-6-19(7-2)12-11-17-15(16)18-14(5)10-8-9-13(3)4/h13-14H,6-12H2,1-5H3,(H3,16,17,18). The molecule has 0 rings (SSSR count). The molecule has 0 amide bonds. The third kappa shape index (κ3) is 10.8. The molecule has 0 spiro atoms. The number of nitrogens with one attached hydrogen (secondary N) is 1. The monoisotopic (exact) mass is 270 g/mol. The summed E-state index contributed by atoms with van der Waals surface area (Å²) in [5.41, 5.74) is 5.90. The van der Waals surface area contributed by atoms with Gasteiger partial charge in [0.15, 0.2) is 5.96 Å². The predicted octanol–water partition coefficient (Wildman–Crippen LogP) is 2.45. The second kappa shape index (κ2) is 11.1. The molecule has 0 aliphatic carbocycles. The molecule has 19 heavy (non-hydrogen) atoms. The lowest BCUT2D eigenvalue weighted by Crippen LogP contribution is -2.39.